The van der Waals surface area contributed by atoms with Crippen molar-refractivity contribution in [3.63, 3.8) is 0 Å². The van der Waals surface area contributed by atoms with Crippen LogP contribution < -0.4 is 0 Å². The Balaban J connectivity index is 2.77. The van der Waals surface area contributed by atoms with Gasteiger partial charge in [-0.2, -0.15) is 0 Å². The molecule has 0 bridgehead atoms. The summed E-state index contributed by atoms with van der Waals surface area (Å²) in [5.74, 6) is 0. The zero-order valence-electron chi connectivity index (χ0n) is 4.98. The first-order valence-electron chi connectivity index (χ1n) is 2.29. The van der Waals surface area contributed by atoms with Crippen molar-refractivity contribution in [2.75, 3.05) is 9.86 Å². The maximum atomic E-state index is 3.93. The molecule has 0 spiro atoms. The third kappa shape index (κ3) is 1.21. The molecule has 1 aromatic rings. The van der Waals surface area contributed by atoms with Gasteiger partial charge in [-0.3, -0.25) is 0 Å². The van der Waals surface area contributed by atoms with Crippen molar-refractivity contribution in [2.45, 2.75) is 0 Å². The van der Waals surface area contributed by atoms with Crippen molar-refractivity contribution in [3.8, 4) is 0 Å². The molecule has 8 heavy (non-hydrogen) atoms. The molecule has 0 aliphatic carbocycles. The van der Waals surface area contributed by atoms with E-state index in [4.69, 9.17) is 0 Å². The van der Waals surface area contributed by atoms with Crippen LogP contribution in [0.1, 0.15) is 0 Å². The summed E-state index contributed by atoms with van der Waals surface area (Å²) in [6, 6.07) is 0. The fourth-order valence-electron chi connectivity index (χ4n) is 0.446. The molecule has 1 rings (SSSR count). The molecule has 3 heteroatoms. The van der Waals surface area contributed by atoms with Gasteiger partial charge in [-0.1, -0.05) is 0 Å². The Kier molecular flexibility index (Phi) is 1.88. The topological polar surface area (TPSA) is 28.7 Å². The van der Waals surface area contributed by atoms with Gasteiger partial charge in [-0.05, 0) is 0 Å². The van der Waals surface area contributed by atoms with Crippen LogP contribution in [0, 0.1) is 3.70 Å². The summed E-state index contributed by atoms with van der Waals surface area (Å²) in [7, 11) is 0. The number of H-pyrrole nitrogens is 1. The number of alkyl halides is 2. The van der Waals surface area contributed by atoms with Crippen LogP contribution in [0.15, 0.2) is 12.5 Å². The normalized spacial score (nSPS) is 11.5. The van der Waals surface area contributed by atoms with E-state index in [2.05, 4.69) is 19.8 Å². The van der Waals surface area contributed by atoms with Gasteiger partial charge in [0.25, 0.3) is 0 Å². The summed E-state index contributed by atoms with van der Waals surface area (Å²) in [6.45, 7) is 0. The van der Waals surface area contributed by atoms with Crippen LogP contribution in [0.4, 0.5) is 0 Å². The molecule has 0 amide bonds. The number of hydrogen-bond acceptors (Lipinski definition) is 1. The van der Waals surface area contributed by atoms with Gasteiger partial charge in [-0.15, -0.1) is 0 Å². The molecule has 0 radical (unpaired) electrons. The monoisotopic (exact) mass is 224 g/mol. The third-order valence-electron chi connectivity index (χ3n) is 0.872. The number of aromatic amines is 1. The second-order valence-electron chi connectivity index (χ2n) is 1.66. The average Bonchev–Trinajstić information content (AvgIpc) is 2.12. The fourth-order valence-corrected chi connectivity index (χ4v) is 1.93. The Bertz CT molecular complexity index is 145. The predicted octanol–water partition coefficient (Wildman–Crippen LogP) is 1.35. The molecule has 0 unspecified atom stereocenters. The van der Waals surface area contributed by atoms with E-state index in [0.29, 0.717) is 0 Å². The molecule has 0 saturated heterocycles. The van der Waals surface area contributed by atoms with Crippen LogP contribution in [-0.4, -0.2) is 19.8 Å². The third-order valence-corrected chi connectivity index (χ3v) is 3.79. The SMILES string of the molecule is CI(C)c1cnc[nH]1. The van der Waals surface area contributed by atoms with E-state index in [9.17, 15) is 0 Å². The standard InChI is InChI=1S/C5H9IN2/c1-6(2)5-3-7-4-8-5/h3-4H,1-2H3,(H,7,8). The van der Waals surface area contributed by atoms with Gasteiger partial charge in [0, 0.05) is 0 Å². The summed E-state index contributed by atoms with van der Waals surface area (Å²) in [5.41, 5.74) is 0. The van der Waals surface area contributed by atoms with Crippen LogP contribution in [0.3, 0.4) is 0 Å². The fraction of sp³-hybridized carbons (Fsp3) is 0.400. The van der Waals surface area contributed by atoms with Gasteiger partial charge in [0.15, 0.2) is 0 Å². The van der Waals surface area contributed by atoms with Gasteiger partial charge in [0.1, 0.15) is 0 Å². The summed E-state index contributed by atoms with van der Waals surface area (Å²) in [4.78, 5) is 11.6. The summed E-state index contributed by atoms with van der Waals surface area (Å²) in [6.07, 6.45) is 3.66. The minimum absolute atomic E-state index is 0.747. The molecular formula is C5H9IN2. The Morgan fingerprint density at radius 2 is 2.38 bits per heavy atom. The van der Waals surface area contributed by atoms with E-state index in [1.807, 2.05) is 6.20 Å². The van der Waals surface area contributed by atoms with Gasteiger partial charge in [-0.25, -0.2) is 0 Å². The summed E-state index contributed by atoms with van der Waals surface area (Å²) >= 11 is -0.747. The minimum atomic E-state index is -0.747. The number of aromatic nitrogens is 2. The molecule has 46 valence electrons. The first kappa shape index (κ1) is 6.07. The number of hydrogen-bond donors (Lipinski definition) is 1. The Morgan fingerprint density at radius 3 is 2.62 bits per heavy atom. The van der Waals surface area contributed by atoms with Crippen LogP contribution in [0.5, 0.6) is 0 Å². The average molecular weight is 224 g/mol. The van der Waals surface area contributed by atoms with Crippen LogP contribution >= 0.6 is 19.8 Å². The maximum absolute atomic E-state index is 3.93. The molecule has 1 aromatic heterocycles. The van der Waals surface area contributed by atoms with Crippen molar-refractivity contribution < 1.29 is 0 Å². The molecular weight excluding hydrogens is 215 g/mol. The van der Waals surface area contributed by atoms with Crippen molar-refractivity contribution >= 4 is 19.8 Å². The second kappa shape index (κ2) is 2.48. The predicted molar refractivity (Wildman–Crippen MR) is 43.2 cm³/mol. The van der Waals surface area contributed by atoms with E-state index in [-0.39, 0.29) is 0 Å². The summed E-state index contributed by atoms with van der Waals surface area (Å²) in [5, 5.41) is 0. The Labute approximate surface area is 56.1 Å². The number of nitrogens with zero attached hydrogens (tertiary/aromatic N) is 1. The zero-order valence-corrected chi connectivity index (χ0v) is 7.14. The number of nitrogens with one attached hydrogen (secondary N) is 1. The number of imidazole rings is 1. The van der Waals surface area contributed by atoms with E-state index in [0.717, 1.165) is 0 Å². The molecule has 0 aliphatic rings. The van der Waals surface area contributed by atoms with Crippen LogP contribution in [-0.2, 0) is 0 Å². The van der Waals surface area contributed by atoms with Crippen LogP contribution in [0.25, 0.3) is 0 Å². The molecule has 2 nitrogen and oxygen atoms in total. The first-order valence-corrected chi connectivity index (χ1v) is 7.68. The van der Waals surface area contributed by atoms with E-state index in [1.54, 1.807) is 6.33 Å². The zero-order chi connectivity index (χ0) is 5.98. The van der Waals surface area contributed by atoms with Gasteiger partial charge in [0.05, 0.1) is 0 Å². The summed E-state index contributed by atoms with van der Waals surface area (Å²) < 4.78 is 1.36. The molecule has 0 saturated carbocycles. The second-order valence-corrected chi connectivity index (χ2v) is 7.13. The Morgan fingerprint density at radius 1 is 1.62 bits per heavy atom. The molecule has 0 aromatic carbocycles. The van der Waals surface area contributed by atoms with Crippen molar-refractivity contribution in [1.82, 2.24) is 9.97 Å². The van der Waals surface area contributed by atoms with Crippen molar-refractivity contribution in [1.29, 1.82) is 0 Å². The van der Waals surface area contributed by atoms with Crippen molar-refractivity contribution in [3.05, 3.63) is 16.2 Å². The van der Waals surface area contributed by atoms with Gasteiger partial charge in [0.2, 0.25) is 0 Å². The molecule has 0 aliphatic heterocycles. The number of rotatable bonds is 1. The van der Waals surface area contributed by atoms with Gasteiger partial charge < -0.3 is 0 Å². The van der Waals surface area contributed by atoms with Gasteiger partial charge >= 0.3 is 55.9 Å². The van der Waals surface area contributed by atoms with Crippen LogP contribution in [0.2, 0.25) is 0 Å². The van der Waals surface area contributed by atoms with E-state index < -0.39 is 19.8 Å². The quantitative estimate of drug-likeness (QED) is 0.566. The van der Waals surface area contributed by atoms with E-state index >= 15 is 0 Å². The molecule has 0 fully saturated rings. The molecule has 1 heterocycles. The Hall–Kier alpha value is -0.0600. The molecule has 0 atom stereocenters. The molecule has 1 N–H and O–H groups in total. The van der Waals surface area contributed by atoms with E-state index in [1.165, 1.54) is 3.70 Å². The first-order chi connectivity index (χ1) is 3.80. The van der Waals surface area contributed by atoms with Crippen molar-refractivity contribution in [2.24, 2.45) is 0 Å². The number of halogens is 1.